The first-order valence-corrected chi connectivity index (χ1v) is 11.2. The minimum Gasteiger partial charge on any atom is -0.375 e. The zero-order valence-electron chi connectivity index (χ0n) is 18.4. The van der Waals surface area contributed by atoms with E-state index in [-0.39, 0.29) is 18.1 Å². The standard InChI is InChI=1S/C25H28N4O3/c1-16(2)22-14-29-13-18(12-19(29)15-31-22)26-24(30)20-10-6-7-11-21(20)25-27-23(28-32-25)17-8-4-3-5-9-17/h3-11,16,18-19,22H,12-15H2,1-2H3,(H,26,30)/t18-,19-,22+/m0/s1. The minimum absolute atomic E-state index is 0.0950. The molecule has 2 aliphatic heterocycles. The largest absolute Gasteiger partial charge is 0.375 e. The summed E-state index contributed by atoms with van der Waals surface area (Å²) in [6, 6.07) is 17.5. The topological polar surface area (TPSA) is 80.5 Å². The second kappa shape index (κ2) is 8.84. The number of nitrogens with one attached hydrogen (secondary N) is 1. The van der Waals surface area contributed by atoms with Gasteiger partial charge in [-0.2, -0.15) is 4.98 Å². The van der Waals surface area contributed by atoms with Gasteiger partial charge in [-0.15, -0.1) is 0 Å². The molecule has 3 aromatic rings. The Morgan fingerprint density at radius 1 is 1.09 bits per heavy atom. The van der Waals surface area contributed by atoms with Gasteiger partial charge in [0.15, 0.2) is 0 Å². The Morgan fingerprint density at radius 2 is 1.88 bits per heavy atom. The van der Waals surface area contributed by atoms with Crippen LogP contribution >= 0.6 is 0 Å². The normalized spacial score (nSPS) is 23.3. The lowest BCUT2D eigenvalue weighted by molar-refractivity contribution is -0.0683. The second-order valence-corrected chi connectivity index (χ2v) is 8.96. The van der Waals surface area contributed by atoms with Crippen LogP contribution in [0.5, 0.6) is 0 Å². The zero-order chi connectivity index (χ0) is 22.1. The first-order valence-electron chi connectivity index (χ1n) is 11.2. The average Bonchev–Trinajstić information content (AvgIpc) is 3.46. The van der Waals surface area contributed by atoms with Crippen LogP contribution < -0.4 is 5.32 Å². The molecule has 2 saturated heterocycles. The Balaban J connectivity index is 1.31. The van der Waals surface area contributed by atoms with Crippen molar-refractivity contribution in [3.63, 3.8) is 0 Å². The fraction of sp³-hybridized carbons (Fsp3) is 0.400. The molecule has 2 aliphatic rings. The van der Waals surface area contributed by atoms with Gasteiger partial charge in [-0.3, -0.25) is 9.69 Å². The Bertz CT molecular complexity index is 1080. The van der Waals surface area contributed by atoms with Gasteiger partial charge >= 0.3 is 0 Å². The van der Waals surface area contributed by atoms with Gasteiger partial charge in [0.05, 0.1) is 23.8 Å². The number of fused-ring (bicyclic) bond motifs is 1. The molecule has 2 aromatic carbocycles. The smallest absolute Gasteiger partial charge is 0.259 e. The maximum Gasteiger partial charge on any atom is 0.259 e. The van der Waals surface area contributed by atoms with Crippen molar-refractivity contribution in [2.45, 2.75) is 38.5 Å². The number of nitrogens with zero attached hydrogens (tertiary/aromatic N) is 3. The summed E-state index contributed by atoms with van der Waals surface area (Å²) >= 11 is 0. The van der Waals surface area contributed by atoms with Crippen LogP contribution in [0.4, 0.5) is 0 Å². The first kappa shape index (κ1) is 20.8. The number of carbonyl (C=O) groups is 1. The van der Waals surface area contributed by atoms with E-state index >= 15 is 0 Å². The molecule has 0 unspecified atom stereocenters. The third-order valence-corrected chi connectivity index (χ3v) is 6.38. The monoisotopic (exact) mass is 432 g/mol. The van der Waals surface area contributed by atoms with Crippen LogP contribution in [-0.2, 0) is 4.74 Å². The van der Waals surface area contributed by atoms with Crippen molar-refractivity contribution in [2.24, 2.45) is 5.92 Å². The number of hydrogen-bond donors (Lipinski definition) is 1. The van der Waals surface area contributed by atoms with Crippen molar-refractivity contribution in [1.29, 1.82) is 0 Å². The van der Waals surface area contributed by atoms with Gasteiger partial charge in [0.25, 0.3) is 11.8 Å². The highest BCUT2D eigenvalue weighted by Crippen LogP contribution is 2.28. The molecule has 7 nitrogen and oxygen atoms in total. The second-order valence-electron chi connectivity index (χ2n) is 8.96. The number of carbonyl (C=O) groups excluding carboxylic acids is 1. The van der Waals surface area contributed by atoms with Gasteiger partial charge in [-0.05, 0) is 24.5 Å². The first-order chi connectivity index (χ1) is 15.6. The van der Waals surface area contributed by atoms with E-state index in [0.29, 0.717) is 34.8 Å². The highest BCUT2D eigenvalue weighted by Gasteiger charge is 2.38. The van der Waals surface area contributed by atoms with E-state index in [9.17, 15) is 4.79 Å². The highest BCUT2D eigenvalue weighted by molar-refractivity contribution is 6.00. The summed E-state index contributed by atoms with van der Waals surface area (Å²) in [5.41, 5.74) is 2.05. The van der Waals surface area contributed by atoms with Crippen molar-refractivity contribution < 1.29 is 14.1 Å². The Morgan fingerprint density at radius 3 is 2.69 bits per heavy atom. The molecule has 0 bridgehead atoms. The SMILES string of the molecule is CC(C)[C@H]1CN2C[C@@H](NC(=O)c3ccccc3-c3nc(-c4ccccc4)no3)C[C@H]2CO1. The lowest BCUT2D eigenvalue weighted by Gasteiger charge is -2.36. The number of amides is 1. The molecule has 3 atom stereocenters. The lowest BCUT2D eigenvalue weighted by atomic mass is 10.0. The summed E-state index contributed by atoms with van der Waals surface area (Å²) in [5, 5.41) is 7.32. The van der Waals surface area contributed by atoms with Crippen LogP contribution in [0.1, 0.15) is 30.6 Å². The summed E-state index contributed by atoms with van der Waals surface area (Å²) in [4.78, 5) is 20.2. The molecular weight excluding hydrogens is 404 g/mol. The van der Waals surface area contributed by atoms with Crippen molar-refractivity contribution >= 4 is 5.91 Å². The zero-order valence-corrected chi connectivity index (χ0v) is 18.4. The summed E-state index contributed by atoms with van der Waals surface area (Å²) in [5.74, 6) is 1.22. The molecule has 0 saturated carbocycles. The summed E-state index contributed by atoms with van der Waals surface area (Å²) in [6.07, 6.45) is 1.16. The molecule has 1 aromatic heterocycles. The molecule has 1 N–H and O–H groups in total. The molecule has 0 spiro atoms. The lowest BCUT2D eigenvalue weighted by Crippen LogP contribution is -2.48. The van der Waals surface area contributed by atoms with Crippen LogP contribution in [0.2, 0.25) is 0 Å². The Kier molecular flexibility index (Phi) is 5.76. The van der Waals surface area contributed by atoms with E-state index < -0.39 is 0 Å². The molecular formula is C25H28N4O3. The van der Waals surface area contributed by atoms with Gasteiger partial charge in [-0.1, -0.05) is 61.5 Å². The van der Waals surface area contributed by atoms with Crippen LogP contribution in [0, 0.1) is 5.92 Å². The predicted octanol–water partition coefficient (Wildman–Crippen LogP) is 3.63. The fourth-order valence-electron chi connectivity index (χ4n) is 4.58. The van der Waals surface area contributed by atoms with Gasteiger partial charge in [0.2, 0.25) is 5.82 Å². The van der Waals surface area contributed by atoms with Crippen molar-refractivity contribution in [2.75, 3.05) is 19.7 Å². The van der Waals surface area contributed by atoms with Crippen LogP contribution in [-0.4, -0.2) is 58.8 Å². The number of aromatic nitrogens is 2. The number of rotatable bonds is 5. The minimum atomic E-state index is -0.119. The van der Waals surface area contributed by atoms with Gasteiger partial charge < -0.3 is 14.6 Å². The number of ether oxygens (including phenoxy) is 1. The maximum atomic E-state index is 13.2. The van der Waals surface area contributed by atoms with Gasteiger partial charge in [0.1, 0.15) is 0 Å². The molecule has 0 aliphatic carbocycles. The third-order valence-electron chi connectivity index (χ3n) is 6.38. The molecule has 5 rings (SSSR count). The molecule has 7 heteroatoms. The summed E-state index contributed by atoms with van der Waals surface area (Å²) in [6.45, 7) is 6.89. The van der Waals surface area contributed by atoms with Crippen molar-refractivity contribution in [3.8, 4) is 22.8 Å². The highest BCUT2D eigenvalue weighted by atomic mass is 16.5. The van der Waals surface area contributed by atoms with Gasteiger partial charge in [0, 0.05) is 30.7 Å². The Hall–Kier alpha value is -3.03. The Labute approximate surface area is 187 Å². The molecule has 2 fully saturated rings. The van der Waals surface area contributed by atoms with E-state index in [4.69, 9.17) is 9.26 Å². The quantitative estimate of drug-likeness (QED) is 0.663. The van der Waals surface area contributed by atoms with E-state index in [0.717, 1.165) is 31.7 Å². The number of benzene rings is 2. The number of morpholine rings is 1. The predicted molar refractivity (Wildman–Crippen MR) is 121 cm³/mol. The summed E-state index contributed by atoms with van der Waals surface area (Å²) < 4.78 is 11.5. The van der Waals surface area contributed by atoms with E-state index in [1.807, 2.05) is 48.5 Å². The fourth-order valence-corrected chi connectivity index (χ4v) is 4.58. The molecule has 0 radical (unpaired) electrons. The molecule has 3 heterocycles. The van der Waals surface area contributed by atoms with E-state index in [2.05, 4.69) is 34.2 Å². The maximum absolute atomic E-state index is 13.2. The van der Waals surface area contributed by atoms with Crippen molar-refractivity contribution in [3.05, 3.63) is 60.2 Å². The van der Waals surface area contributed by atoms with Crippen LogP contribution in [0.25, 0.3) is 22.8 Å². The van der Waals surface area contributed by atoms with Crippen LogP contribution in [0.3, 0.4) is 0 Å². The van der Waals surface area contributed by atoms with Crippen molar-refractivity contribution in [1.82, 2.24) is 20.4 Å². The molecule has 1 amide bonds. The van der Waals surface area contributed by atoms with E-state index in [1.54, 1.807) is 6.07 Å². The molecule has 32 heavy (non-hydrogen) atoms. The van der Waals surface area contributed by atoms with Gasteiger partial charge in [-0.25, -0.2) is 0 Å². The summed E-state index contributed by atoms with van der Waals surface area (Å²) in [7, 11) is 0. The number of hydrogen-bond acceptors (Lipinski definition) is 6. The molecule has 166 valence electrons. The van der Waals surface area contributed by atoms with E-state index in [1.165, 1.54) is 0 Å². The average molecular weight is 433 g/mol. The third kappa shape index (κ3) is 4.18. The van der Waals surface area contributed by atoms with Crippen LogP contribution in [0.15, 0.2) is 59.1 Å².